The quantitative estimate of drug-likeness (QED) is 0.762. The van der Waals surface area contributed by atoms with Crippen LogP contribution in [-0.2, 0) is 6.42 Å². The maximum Gasteiger partial charge on any atom is 0.0899 e. The van der Waals surface area contributed by atoms with Gasteiger partial charge in [-0.1, -0.05) is 18.3 Å². The zero-order valence-corrected chi connectivity index (χ0v) is 10.00. The predicted molar refractivity (Wildman–Crippen MR) is 66.8 cm³/mol. The molecule has 1 aromatic heterocycles. The van der Waals surface area contributed by atoms with Crippen LogP contribution >= 0.6 is 12.2 Å². The van der Waals surface area contributed by atoms with Gasteiger partial charge in [-0.15, -0.1) is 0 Å². The van der Waals surface area contributed by atoms with Crippen molar-refractivity contribution in [3.63, 3.8) is 0 Å². The van der Waals surface area contributed by atoms with Crippen molar-refractivity contribution in [3.05, 3.63) is 30.1 Å². The van der Waals surface area contributed by atoms with E-state index < -0.39 is 0 Å². The number of thiocarbonyl (C=S) groups is 1. The number of hydrogen-bond donors (Lipinski definition) is 1. The molecule has 0 saturated heterocycles. The first-order valence-electron chi connectivity index (χ1n) is 4.99. The summed E-state index contributed by atoms with van der Waals surface area (Å²) in [5.74, 6) is 0. The van der Waals surface area contributed by atoms with Gasteiger partial charge in [-0.05, 0) is 32.0 Å². The molecule has 15 heavy (non-hydrogen) atoms. The highest BCUT2D eigenvalue weighted by Gasteiger charge is 2.10. The predicted octanol–water partition coefficient (Wildman–Crippen LogP) is 1.23. The highest BCUT2D eigenvalue weighted by molar-refractivity contribution is 7.80. The molecule has 0 saturated carbocycles. The minimum absolute atomic E-state index is 0.150. The number of pyridine rings is 1. The average molecular weight is 223 g/mol. The summed E-state index contributed by atoms with van der Waals surface area (Å²) in [6.07, 6.45) is 4.64. The van der Waals surface area contributed by atoms with Crippen LogP contribution in [0.3, 0.4) is 0 Å². The molecule has 0 bridgehead atoms. The molecular weight excluding hydrogens is 206 g/mol. The van der Waals surface area contributed by atoms with Gasteiger partial charge < -0.3 is 5.73 Å². The molecule has 1 aromatic rings. The van der Waals surface area contributed by atoms with Gasteiger partial charge in [-0.3, -0.25) is 9.88 Å². The molecular formula is C11H17N3S. The lowest BCUT2D eigenvalue weighted by molar-refractivity contribution is 0.316. The lowest BCUT2D eigenvalue weighted by Gasteiger charge is -2.23. The second-order valence-corrected chi connectivity index (χ2v) is 4.14. The highest BCUT2D eigenvalue weighted by Crippen LogP contribution is 2.01. The molecule has 3 nitrogen and oxygen atoms in total. The van der Waals surface area contributed by atoms with Gasteiger partial charge in [0.25, 0.3) is 0 Å². The van der Waals surface area contributed by atoms with Gasteiger partial charge in [0.05, 0.1) is 11.0 Å². The maximum absolute atomic E-state index is 5.58. The fraction of sp³-hybridized carbons (Fsp3) is 0.455. The second-order valence-electron chi connectivity index (χ2n) is 3.67. The molecule has 0 spiro atoms. The van der Waals surface area contributed by atoms with E-state index in [0.717, 1.165) is 13.0 Å². The number of hydrogen-bond acceptors (Lipinski definition) is 3. The van der Waals surface area contributed by atoms with Crippen LogP contribution in [0.5, 0.6) is 0 Å². The first kappa shape index (κ1) is 12.1. The van der Waals surface area contributed by atoms with Gasteiger partial charge >= 0.3 is 0 Å². The van der Waals surface area contributed by atoms with Crippen LogP contribution in [0.25, 0.3) is 0 Å². The Balaban J connectivity index is 2.41. The second kappa shape index (κ2) is 5.78. The normalized spacial score (nSPS) is 12.7. The summed E-state index contributed by atoms with van der Waals surface area (Å²) in [6, 6.07) is 4.18. The molecule has 0 fully saturated rings. The largest absolute Gasteiger partial charge is 0.392 e. The summed E-state index contributed by atoms with van der Waals surface area (Å²) >= 11 is 4.95. The lowest BCUT2D eigenvalue weighted by Crippen LogP contribution is -2.40. The molecule has 1 atom stereocenters. The van der Waals surface area contributed by atoms with Gasteiger partial charge in [-0.2, -0.15) is 0 Å². The Morgan fingerprint density at radius 2 is 2.40 bits per heavy atom. The monoisotopic (exact) mass is 223 g/mol. The smallest absolute Gasteiger partial charge is 0.0899 e. The summed E-state index contributed by atoms with van der Waals surface area (Å²) in [6.45, 7) is 2.95. The maximum atomic E-state index is 5.58. The molecule has 4 heteroatoms. The van der Waals surface area contributed by atoms with Crippen LogP contribution in [0.15, 0.2) is 24.5 Å². The van der Waals surface area contributed by atoms with E-state index in [0.29, 0.717) is 4.99 Å². The number of nitrogens with zero attached hydrogens (tertiary/aromatic N) is 2. The van der Waals surface area contributed by atoms with Crippen LogP contribution in [-0.4, -0.2) is 34.5 Å². The first-order valence-corrected chi connectivity index (χ1v) is 5.40. The Labute approximate surface area is 96.3 Å². The summed E-state index contributed by atoms with van der Waals surface area (Å²) in [4.78, 5) is 6.77. The zero-order chi connectivity index (χ0) is 11.3. The SMILES string of the molecule is CC(C(N)=S)N(C)CCc1cccnc1. The summed E-state index contributed by atoms with van der Waals surface area (Å²) < 4.78 is 0. The molecule has 0 aliphatic heterocycles. The minimum atomic E-state index is 0.150. The van der Waals surface area contributed by atoms with Crippen molar-refractivity contribution >= 4 is 17.2 Å². The van der Waals surface area contributed by atoms with Gasteiger partial charge in [0.1, 0.15) is 0 Å². The Kier molecular flexibility index (Phi) is 4.65. The first-order chi connectivity index (χ1) is 7.11. The summed E-state index contributed by atoms with van der Waals surface area (Å²) in [5.41, 5.74) is 6.82. The molecule has 0 radical (unpaired) electrons. The molecule has 0 aliphatic carbocycles. The number of aromatic nitrogens is 1. The van der Waals surface area contributed by atoms with Crippen LogP contribution in [0.4, 0.5) is 0 Å². The van der Waals surface area contributed by atoms with Gasteiger partial charge in [0.15, 0.2) is 0 Å². The number of nitrogens with two attached hydrogens (primary N) is 1. The molecule has 2 N–H and O–H groups in total. The fourth-order valence-electron chi connectivity index (χ4n) is 1.26. The number of rotatable bonds is 5. The van der Waals surface area contributed by atoms with E-state index in [9.17, 15) is 0 Å². The Bertz CT molecular complexity index is 313. The van der Waals surface area contributed by atoms with E-state index in [2.05, 4.69) is 16.0 Å². The van der Waals surface area contributed by atoms with Crippen LogP contribution in [0.2, 0.25) is 0 Å². The van der Waals surface area contributed by atoms with Crippen molar-refractivity contribution < 1.29 is 0 Å². The summed E-state index contributed by atoms with van der Waals surface area (Å²) in [7, 11) is 2.03. The molecule has 0 amide bonds. The number of likely N-dealkylation sites (N-methyl/N-ethyl adjacent to an activating group) is 1. The van der Waals surface area contributed by atoms with E-state index in [-0.39, 0.29) is 6.04 Å². The molecule has 1 unspecified atom stereocenters. The molecule has 0 aliphatic rings. The molecule has 1 heterocycles. The summed E-state index contributed by atoms with van der Waals surface area (Å²) in [5, 5.41) is 0. The third-order valence-electron chi connectivity index (χ3n) is 2.55. The van der Waals surface area contributed by atoms with Gasteiger partial charge in [0, 0.05) is 18.9 Å². The molecule has 1 rings (SSSR count). The Morgan fingerprint density at radius 3 is 2.93 bits per heavy atom. The van der Waals surface area contributed by atoms with E-state index in [1.165, 1.54) is 5.56 Å². The lowest BCUT2D eigenvalue weighted by atomic mass is 10.2. The highest BCUT2D eigenvalue weighted by atomic mass is 32.1. The van der Waals surface area contributed by atoms with Crippen molar-refractivity contribution in [2.45, 2.75) is 19.4 Å². The Hall–Kier alpha value is -1.00. The van der Waals surface area contributed by atoms with Crippen molar-refractivity contribution in [2.75, 3.05) is 13.6 Å². The van der Waals surface area contributed by atoms with E-state index in [1.54, 1.807) is 6.20 Å². The van der Waals surface area contributed by atoms with E-state index in [4.69, 9.17) is 18.0 Å². The van der Waals surface area contributed by atoms with Crippen LogP contribution in [0, 0.1) is 0 Å². The minimum Gasteiger partial charge on any atom is -0.392 e. The van der Waals surface area contributed by atoms with Crippen molar-refractivity contribution in [2.24, 2.45) is 5.73 Å². The van der Waals surface area contributed by atoms with Gasteiger partial charge in [0.2, 0.25) is 0 Å². The van der Waals surface area contributed by atoms with E-state index in [1.807, 2.05) is 26.2 Å². The third kappa shape index (κ3) is 3.93. The zero-order valence-electron chi connectivity index (χ0n) is 9.18. The fourth-order valence-corrected chi connectivity index (χ4v) is 1.44. The standard InChI is InChI=1S/C11H17N3S/c1-9(11(12)15)14(2)7-5-10-4-3-6-13-8-10/h3-4,6,8-9H,5,7H2,1-2H3,(H2,12,15). The molecule has 82 valence electrons. The molecule has 0 aromatic carbocycles. The van der Waals surface area contributed by atoms with Gasteiger partial charge in [-0.25, -0.2) is 0 Å². The van der Waals surface area contributed by atoms with Crippen LogP contribution < -0.4 is 5.73 Å². The van der Waals surface area contributed by atoms with Crippen molar-refractivity contribution in [1.82, 2.24) is 9.88 Å². The van der Waals surface area contributed by atoms with Crippen molar-refractivity contribution in [1.29, 1.82) is 0 Å². The topological polar surface area (TPSA) is 42.1 Å². The van der Waals surface area contributed by atoms with Crippen LogP contribution in [0.1, 0.15) is 12.5 Å². The average Bonchev–Trinajstić information content (AvgIpc) is 2.26. The van der Waals surface area contributed by atoms with Crippen molar-refractivity contribution in [3.8, 4) is 0 Å². The Morgan fingerprint density at radius 1 is 1.67 bits per heavy atom. The van der Waals surface area contributed by atoms with E-state index >= 15 is 0 Å². The third-order valence-corrected chi connectivity index (χ3v) is 2.89.